The van der Waals surface area contributed by atoms with E-state index in [9.17, 15) is 4.79 Å². The van der Waals surface area contributed by atoms with E-state index in [0.29, 0.717) is 18.5 Å². The first-order valence-electron chi connectivity index (χ1n) is 5.55. The van der Waals surface area contributed by atoms with Crippen LogP contribution in [0.2, 0.25) is 0 Å². The smallest absolute Gasteiger partial charge is 0.260 e. The number of nitrogens with zero attached hydrogens (tertiary/aromatic N) is 3. The zero-order valence-electron chi connectivity index (χ0n) is 10.0. The number of imidazole rings is 1. The average molecular weight is 262 g/mol. The van der Waals surface area contributed by atoms with Gasteiger partial charge in [0.15, 0.2) is 0 Å². The van der Waals surface area contributed by atoms with Crippen LogP contribution in [0.25, 0.3) is 0 Å². The first kappa shape index (κ1) is 12.5. The normalized spacial score (nSPS) is 10.5. The highest BCUT2D eigenvalue weighted by Crippen LogP contribution is 1.98. The summed E-state index contributed by atoms with van der Waals surface area (Å²) in [6, 6.07) is 3.41. The molecule has 0 saturated heterocycles. The summed E-state index contributed by atoms with van der Waals surface area (Å²) in [5, 5.41) is 0. The molecule has 0 aliphatic carbocycles. The van der Waals surface area contributed by atoms with Crippen molar-refractivity contribution in [2.45, 2.75) is 13.0 Å². The van der Waals surface area contributed by atoms with Crippen LogP contribution >= 0.6 is 12.2 Å². The molecule has 94 valence electrons. The molecule has 0 bridgehead atoms. The molecule has 6 heteroatoms. The number of pyridine rings is 1. The Bertz CT molecular complexity index is 629. The summed E-state index contributed by atoms with van der Waals surface area (Å²) in [4.78, 5) is 16.4. The van der Waals surface area contributed by atoms with Crippen LogP contribution in [0.4, 0.5) is 0 Å². The summed E-state index contributed by atoms with van der Waals surface area (Å²) < 4.78 is 3.53. The standard InChI is InChI=1S/C12H14N4OS/c1-15-8-5-14-10(15)4-7-16-6-2-3-9(11(13)18)12(16)17/h2-3,5-6,8H,4,7H2,1H3,(H2,13,18). The molecule has 0 aliphatic heterocycles. The van der Waals surface area contributed by atoms with E-state index in [2.05, 4.69) is 4.98 Å². The summed E-state index contributed by atoms with van der Waals surface area (Å²) in [7, 11) is 1.93. The van der Waals surface area contributed by atoms with Gasteiger partial charge in [-0.05, 0) is 12.1 Å². The molecule has 0 aliphatic rings. The second kappa shape index (κ2) is 5.14. The minimum absolute atomic E-state index is 0.131. The molecule has 2 aromatic heterocycles. The van der Waals surface area contributed by atoms with E-state index in [0.717, 1.165) is 5.82 Å². The fourth-order valence-corrected chi connectivity index (χ4v) is 1.91. The highest BCUT2D eigenvalue weighted by Gasteiger charge is 2.06. The predicted molar refractivity (Wildman–Crippen MR) is 73.5 cm³/mol. The van der Waals surface area contributed by atoms with Gasteiger partial charge in [-0.25, -0.2) is 4.98 Å². The molecule has 0 fully saturated rings. The molecule has 18 heavy (non-hydrogen) atoms. The summed E-state index contributed by atoms with van der Waals surface area (Å²) in [5.74, 6) is 0.933. The molecular formula is C12H14N4OS. The molecule has 2 heterocycles. The lowest BCUT2D eigenvalue weighted by Gasteiger charge is -2.07. The van der Waals surface area contributed by atoms with Crippen molar-refractivity contribution >= 4 is 17.2 Å². The van der Waals surface area contributed by atoms with Crippen LogP contribution in [-0.2, 0) is 20.0 Å². The van der Waals surface area contributed by atoms with Gasteiger partial charge in [0.1, 0.15) is 10.8 Å². The fourth-order valence-electron chi connectivity index (χ4n) is 1.76. The quantitative estimate of drug-likeness (QED) is 0.813. The maximum Gasteiger partial charge on any atom is 0.260 e. The van der Waals surface area contributed by atoms with Crippen molar-refractivity contribution in [3.63, 3.8) is 0 Å². The van der Waals surface area contributed by atoms with Gasteiger partial charge in [-0.1, -0.05) is 12.2 Å². The number of rotatable bonds is 4. The molecule has 0 unspecified atom stereocenters. The van der Waals surface area contributed by atoms with Crippen molar-refractivity contribution in [1.29, 1.82) is 0 Å². The molecule has 0 spiro atoms. The lowest BCUT2D eigenvalue weighted by atomic mass is 10.2. The van der Waals surface area contributed by atoms with E-state index < -0.39 is 0 Å². The van der Waals surface area contributed by atoms with Crippen molar-refractivity contribution < 1.29 is 0 Å². The molecule has 2 rings (SSSR count). The first-order valence-corrected chi connectivity index (χ1v) is 5.96. The molecule has 2 aromatic rings. The monoisotopic (exact) mass is 262 g/mol. The summed E-state index contributed by atoms with van der Waals surface area (Å²) >= 11 is 4.84. The van der Waals surface area contributed by atoms with Crippen molar-refractivity contribution in [2.24, 2.45) is 12.8 Å². The zero-order valence-corrected chi connectivity index (χ0v) is 10.9. The Hall–Kier alpha value is -1.95. The first-order chi connectivity index (χ1) is 8.59. The molecule has 0 amide bonds. The lowest BCUT2D eigenvalue weighted by Crippen LogP contribution is -2.29. The Morgan fingerprint density at radius 2 is 2.28 bits per heavy atom. The van der Waals surface area contributed by atoms with E-state index in [1.54, 1.807) is 29.1 Å². The number of hydrogen-bond acceptors (Lipinski definition) is 3. The van der Waals surface area contributed by atoms with E-state index in [1.807, 2.05) is 17.8 Å². The highest BCUT2D eigenvalue weighted by atomic mass is 32.1. The van der Waals surface area contributed by atoms with Crippen LogP contribution in [0.1, 0.15) is 11.4 Å². The van der Waals surface area contributed by atoms with Gasteiger partial charge in [-0.15, -0.1) is 0 Å². The van der Waals surface area contributed by atoms with Gasteiger partial charge in [0, 0.05) is 38.6 Å². The van der Waals surface area contributed by atoms with E-state index >= 15 is 0 Å². The topological polar surface area (TPSA) is 65.8 Å². The SMILES string of the molecule is Cn1ccnc1CCn1cccc(C(N)=S)c1=O. The lowest BCUT2D eigenvalue weighted by molar-refractivity contribution is 0.631. The highest BCUT2D eigenvalue weighted by molar-refractivity contribution is 7.80. The van der Waals surface area contributed by atoms with Crippen molar-refractivity contribution in [1.82, 2.24) is 14.1 Å². The minimum Gasteiger partial charge on any atom is -0.389 e. The van der Waals surface area contributed by atoms with E-state index in [1.165, 1.54) is 0 Å². The molecule has 2 N–H and O–H groups in total. The summed E-state index contributed by atoms with van der Waals surface area (Å²) in [6.07, 6.45) is 6.03. The molecule has 5 nitrogen and oxygen atoms in total. The Morgan fingerprint density at radius 3 is 2.89 bits per heavy atom. The number of nitrogens with two attached hydrogens (primary N) is 1. The van der Waals surface area contributed by atoms with Crippen LogP contribution < -0.4 is 11.3 Å². The number of aromatic nitrogens is 3. The second-order valence-corrected chi connectivity index (χ2v) is 4.43. The molecule has 0 atom stereocenters. The largest absolute Gasteiger partial charge is 0.389 e. The van der Waals surface area contributed by atoms with Crippen LogP contribution in [-0.4, -0.2) is 19.1 Å². The van der Waals surface area contributed by atoms with Gasteiger partial charge in [-0.3, -0.25) is 4.79 Å². The number of hydrogen-bond donors (Lipinski definition) is 1. The van der Waals surface area contributed by atoms with Gasteiger partial charge in [0.25, 0.3) is 5.56 Å². The van der Waals surface area contributed by atoms with E-state index in [-0.39, 0.29) is 10.5 Å². The van der Waals surface area contributed by atoms with Crippen molar-refractivity contribution in [2.75, 3.05) is 0 Å². The van der Waals surface area contributed by atoms with Gasteiger partial charge in [0.2, 0.25) is 0 Å². The van der Waals surface area contributed by atoms with Gasteiger partial charge >= 0.3 is 0 Å². The number of aryl methyl sites for hydroxylation is 3. The third-order valence-corrected chi connectivity index (χ3v) is 3.00. The van der Waals surface area contributed by atoms with Crippen molar-refractivity contribution in [3.05, 3.63) is 52.5 Å². The Labute approximate surface area is 110 Å². The second-order valence-electron chi connectivity index (χ2n) is 3.99. The Morgan fingerprint density at radius 1 is 1.50 bits per heavy atom. The average Bonchev–Trinajstić information content (AvgIpc) is 2.73. The fraction of sp³-hybridized carbons (Fsp3) is 0.250. The Kier molecular flexibility index (Phi) is 3.57. The van der Waals surface area contributed by atoms with Crippen LogP contribution in [0.5, 0.6) is 0 Å². The molecule has 0 radical (unpaired) electrons. The Balaban J connectivity index is 2.20. The van der Waals surface area contributed by atoms with E-state index in [4.69, 9.17) is 18.0 Å². The molecular weight excluding hydrogens is 248 g/mol. The van der Waals surface area contributed by atoms with Crippen LogP contribution in [0.3, 0.4) is 0 Å². The third-order valence-electron chi connectivity index (χ3n) is 2.78. The maximum absolute atomic E-state index is 12.0. The summed E-state index contributed by atoms with van der Waals surface area (Å²) in [6.45, 7) is 0.556. The maximum atomic E-state index is 12.0. The van der Waals surface area contributed by atoms with Crippen LogP contribution in [0, 0.1) is 0 Å². The molecule has 0 saturated carbocycles. The van der Waals surface area contributed by atoms with Gasteiger partial charge in [0.05, 0.1) is 5.56 Å². The summed E-state index contributed by atoms with van der Waals surface area (Å²) in [5.41, 5.74) is 5.73. The van der Waals surface area contributed by atoms with Crippen LogP contribution in [0.15, 0.2) is 35.5 Å². The van der Waals surface area contributed by atoms with Gasteiger partial charge in [-0.2, -0.15) is 0 Å². The predicted octanol–water partition coefficient (Wildman–Crippen LogP) is 0.459. The van der Waals surface area contributed by atoms with Gasteiger partial charge < -0.3 is 14.9 Å². The minimum atomic E-state index is -0.154. The molecule has 0 aromatic carbocycles. The third kappa shape index (κ3) is 2.48. The zero-order chi connectivity index (χ0) is 13.1. The number of thiocarbonyl (C=S) groups is 1. The van der Waals surface area contributed by atoms with Crippen molar-refractivity contribution in [3.8, 4) is 0 Å².